The number of benzene rings is 2. The van der Waals surface area contributed by atoms with E-state index in [1.54, 1.807) is 6.20 Å². The van der Waals surface area contributed by atoms with Crippen LogP contribution >= 0.6 is 0 Å². The van der Waals surface area contributed by atoms with Gasteiger partial charge in [0, 0.05) is 30.7 Å². The van der Waals surface area contributed by atoms with Gasteiger partial charge in [-0.05, 0) is 42.7 Å². The zero-order valence-corrected chi connectivity index (χ0v) is 14.8. The third-order valence-corrected chi connectivity index (χ3v) is 4.69. The number of nitrogens with one attached hydrogen (secondary N) is 1. The Kier molecular flexibility index (Phi) is 4.40. The highest BCUT2D eigenvalue weighted by Gasteiger charge is 2.25. The molecule has 0 saturated carbocycles. The number of carbonyl (C=O) groups is 1. The molecule has 1 aliphatic heterocycles. The van der Waals surface area contributed by atoms with E-state index >= 15 is 0 Å². The maximum atomic E-state index is 12.9. The molecule has 0 saturated heterocycles. The second kappa shape index (κ2) is 7.00. The molecule has 1 aromatic heterocycles. The summed E-state index contributed by atoms with van der Waals surface area (Å²) < 4.78 is 0. The number of amides is 1. The highest BCUT2D eigenvalue weighted by Crippen LogP contribution is 2.28. The van der Waals surface area contributed by atoms with Gasteiger partial charge >= 0.3 is 0 Å². The first-order chi connectivity index (χ1) is 12.7. The average molecular weight is 343 g/mol. The Bertz CT molecular complexity index is 951. The van der Waals surface area contributed by atoms with Crippen LogP contribution in [0.15, 0.2) is 66.9 Å². The molecule has 1 aliphatic rings. The molecule has 4 nitrogen and oxygen atoms in total. The van der Waals surface area contributed by atoms with Crippen molar-refractivity contribution in [3.05, 3.63) is 89.2 Å². The average Bonchev–Trinajstić information content (AvgIpc) is 3.10. The summed E-state index contributed by atoms with van der Waals surface area (Å²) >= 11 is 0. The van der Waals surface area contributed by atoms with Crippen LogP contribution in [-0.2, 0) is 13.0 Å². The second-order valence-corrected chi connectivity index (χ2v) is 6.61. The molecule has 1 N–H and O–H groups in total. The van der Waals surface area contributed by atoms with E-state index in [-0.39, 0.29) is 5.91 Å². The number of para-hydroxylation sites is 1. The van der Waals surface area contributed by atoms with Crippen molar-refractivity contribution >= 4 is 17.3 Å². The third-order valence-electron chi connectivity index (χ3n) is 4.69. The molecule has 3 aromatic rings. The van der Waals surface area contributed by atoms with Crippen molar-refractivity contribution in [3.63, 3.8) is 0 Å². The molecule has 0 spiro atoms. The Labute approximate surface area is 153 Å². The number of aryl methyl sites for hydroxylation is 1. The van der Waals surface area contributed by atoms with Crippen LogP contribution in [-0.4, -0.2) is 17.4 Å². The predicted octanol–water partition coefficient (Wildman–Crippen LogP) is 4.21. The number of rotatable bonds is 4. The number of nitrogens with zero attached hydrogens (tertiary/aromatic N) is 2. The highest BCUT2D eigenvalue weighted by atomic mass is 16.2. The van der Waals surface area contributed by atoms with E-state index in [2.05, 4.69) is 47.6 Å². The molecule has 130 valence electrons. The molecule has 0 fully saturated rings. The SMILES string of the molecule is Cc1cccc(CNc2ccnc(C(=O)N3CCc4ccccc43)c2)c1. The monoisotopic (exact) mass is 343 g/mol. The number of pyridine rings is 1. The zero-order valence-electron chi connectivity index (χ0n) is 14.8. The number of hydrogen-bond acceptors (Lipinski definition) is 3. The Morgan fingerprint density at radius 2 is 2.00 bits per heavy atom. The summed E-state index contributed by atoms with van der Waals surface area (Å²) in [5.74, 6) is -0.0471. The van der Waals surface area contributed by atoms with Gasteiger partial charge in [-0.3, -0.25) is 9.78 Å². The van der Waals surface area contributed by atoms with E-state index in [0.717, 1.165) is 17.8 Å². The first-order valence-corrected chi connectivity index (χ1v) is 8.86. The van der Waals surface area contributed by atoms with E-state index in [9.17, 15) is 4.79 Å². The van der Waals surface area contributed by atoms with Crippen molar-refractivity contribution in [1.82, 2.24) is 4.98 Å². The van der Waals surface area contributed by atoms with Crippen molar-refractivity contribution in [2.75, 3.05) is 16.8 Å². The van der Waals surface area contributed by atoms with Crippen LogP contribution in [0.5, 0.6) is 0 Å². The van der Waals surface area contributed by atoms with E-state index in [4.69, 9.17) is 0 Å². The van der Waals surface area contributed by atoms with Gasteiger partial charge in [-0.25, -0.2) is 0 Å². The first kappa shape index (κ1) is 16.3. The summed E-state index contributed by atoms with van der Waals surface area (Å²) in [6, 6.07) is 20.2. The number of anilines is 2. The second-order valence-electron chi connectivity index (χ2n) is 6.61. The third kappa shape index (κ3) is 3.31. The number of carbonyl (C=O) groups excluding carboxylic acids is 1. The van der Waals surface area contributed by atoms with Crippen molar-refractivity contribution in [2.24, 2.45) is 0 Å². The van der Waals surface area contributed by atoms with Crippen molar-refractivity contribution in [1.29, 1.82) is 0 Å². The van der Waals surface area contributed by atoms with Gasteiger partial charge in [0.2, 0.25) is 0 Å². The molecule has 0 atom stereocenters. The molecule has 26 heavy (non-hydrogen) atoms. The molecule has 2 aromatic carbocycles. The maximum absolute atomic E-state index is 12.9. The van der Waals surface area contributed by atoms with E-state index in [0.29, 0.717) is 18.8 Å². The Morgan fingerprint density at radius 1 is 1.12 bits per heavy atom. The standard InChI is InChI=1S/C22H21N3O/c1-16-5-4-6-17(13-16)15-24-19-9-11-23-20(14-19)22(26)25-12-10-18-7-2-3-8-21(18)25/h2-9,11,13-14H,10,12,15H2,1H3,(H,23,24). The zero-order chi connectivity index (χ0) is 17.9. The largest absolute Gasteiger partial charge is 0.381 e. The van der Waals surface area contributed by atoms with Crippen LogP contribution < -0.4 is 10.2 Å². The molecule has 1 amide bonds. The van der Waals surface area contributed by atoms with Crippen LogP contribution in [0.25, 0.3) is 0 Å². The molecular weight excluding hydrogens is 322 g/mol. The summed E-state index contributed by atoms with van der Waals surface area (Å²) in [6.45, 7) is 3.51. The van der Waals surface area contributed by atoms with Gasteiger partial charge in [-0.15, -0.1) is 0 Å². The fourth-order valence-electron chi connectivity index (χ4n) is 3.37. The molecule has 2 heterocycles. The van der Waals surface area contributed by atoms with Crippen molar-refractivity contribution in [3.8, 4) is 0 Å². The quantitative estimate of drug-likeness (QED) is 0.772. The van der Waals surface area contributed by atoms with Gasteiger partial charge in [0.15, 0.2) is 0 Å². The van der Waals surface area contributed by atoms with Gasteiger partial charge < -0.3 is 10.2 Å². The lowest BCUT2D eigenvalue weighted by molar-refractivity contribution is 0.0984. The van der Waals surface area contributed by atoms with Crippen molar-refractivity contribution in [2.45, 2.75) is 19.9 Å². The summed E-state index contributed by atoms with van der Waals surface area (Å²) in [5.41, 5.74) is 6.03. The highest BCUT2D eigenvalue weighted by molar-refractivity contribution is 6.06. The summed E-state index contributed by atoms with van der Waals surface area (Å²) in [6.07, 6.45) is 2.58. The molecule has 4 heteroatoms. The maximum Gasteiger partial charge on any atom is 0.276 e. The van der Waals surface area contributed by atoms with Gasteiger partial charge in [-0.1, -0.05) is 48.0 Å². The minimum absolute atomic E-state index is 0.0471. The van der Waals surface area contributed by atoms with Crippen LogP contribution in [0.1, 0.15) is 27.2 Å². The fraction of sp³-hybridized carbons (Fsp3) is 0.182. The lowest BCUT2D eigenvalue weighted by atomic mass is 10.1. The fourth-order valence-corrected chi connectivity index (χ4v) is 3.37. The van der Waals surface area contributed by atoms with Crippen LogP contribution in [0.4, 0.5) is 11.4 Å². The Hall–Kier alpha value is -3.14. The first-order valence-electron chi connectivity index (χ1n) is 8.86. The van der Waals surface area contributed by atoms with Crippen LogP contribution in [0.3, 0.4) is 0 Å². The van der Waals surface area contributed by atoms with E-state index in [1.165, 1.54) is 16.7 Å². The smallest absolute Gasteiger partial charge is 0.276 e. The van der Waals surface area contributed by atoms with Crippen molar-refractivity contribution < 1.29 is 4.79 Å². The van der Waals surface area contributed by atoms with E-state index < -0.39 is 0 Å². The van der Waals surface area contributed by atoms with Crippen LogP contribution in [0, 0.1) is 6.92 Å². The predicted molar refractivity (Wildman–Crippen MR) is 105 cm³/mol. The molecule has 0 bridgehead atoms. The van der Waals surface area contributed by atoms with Gasteiger partial charge in [0.1, 0.15) is 5.69 Å². The van der Waals surface area contributed by atoms with Crippen LogP contribution in [0.2, 0.25) is 0 Å². The van der Waals surface area contributed by atoms with Gasteiger partial charge in [0.25, 0.3) is 5.91 Å². The summed E-state index contributed by atoms with van der Waals surface area (Å²) in [5, 5.41) is 3.38. The molecule has 4 rings (SSSR count). The number of hydrogen-bond donors (Lipinski definition) is 1. The molecule has 0 aliphatic carbocycles. The topological polar surface area (TPSA) is 45.2 Å². The lowest BCUT2D eigenvalue weighted by Crippen LogP contribution is -2.29. The minimum atomic E-state index is -0.0471. The van der Waals surface area contributed by atoms with Gasteiger partial charge in [0.05, 0.1) is 0 Å². The van der Waals surface area contributed by atoms with E-state index in [1.807, 2.05) is 35.2 Å². The Morgan fingerprint density at radius 3 is 2.88 bits per heavy atom. The molecule has 0 radical (unpaired) electrons. The minimum Gasteiger partial charge on any atom is -0.381 e. The molecule has 0 unspecified atom stereocenters. The Balaban J connectivity index is 1.50. The number of aromatic nitrogens is 1. The van der Waals surface area contributed by atoms with Gasteiger partial charge in [-0.2, -0.15) is 0 Å². The summed E-state index contributed by atoms with van der Waals surface area (Å²) in [4.78, 5) is 19.0. The normalized spacial score (nSPS) is 12.7. The summed E-state index contributed by atoms with van der Waals surface area (Å²) in [7, 11) is 0. The molecular formula is C22H21N3O. The lowest BCUT2D eigenvalue weighted by Gasteiger charge is -2.17. The number of fused-ring (bicyclic) bond motifs is 1.